The third kappa shape index (κ3) is 3.43. The standard InChI is InChI=1S/C11H18N4S/c1-8-4-5-13-11(9(8)10(12)16)14-6-7-15(2)3/h4-5H,6-7H2,1-3H3,(H2,12,16)(H,13,14). The fourth-order valence-corrected chi connectivity index (χ4v) is 1.66. The van der Waals surface area contributed by atoms with Crippen LogP contribution in [0.25, 0.3) is 0 Å². The molecule has 0 amide bonds. The number of hydrogen-bond acceptors (Lipinski definition) is 4. The van der Waals surface area contributed by atoms with Crippen LogP contribution in [0.2, 0.25) is 0 Å². The predicted molar refractivity (Wildman–Crippen MR) is 71.9 cm³/mol. The number of nitrogens with one attached hydrogen (secondary N) is 1. The third-order valence-electron chi connectivity index (χ3n) is 2.26. The van der Waals surface area contributed by atoms with Gasteiger partial charge < -0.3 is 16.0 Å². The van der Waals surface area contributed by atoms with Gasteiger partial charge in [0.1, 0.15) is 10.8 Å². The molecule has 88 valence electrons. The maximum atomic E-state index is 5.69. The van der Waals surface area contributed by atoms with Crippen molar-refractivity contribution in [2.75, 3.05) is 32.5 Å². The normalized spacial score (nSPS) is 10.5. The minimum absolute atomic E-state index is 0.387. The van der Waals surface area contributed by atoms with E-state index in [4.69, 9.17) is 18.0 Å². The monoisotopic (exact) mass is 238 g/mol. The first-order valence-corrected chi connectivity index (χ1v) is 5.57. The Hall–Kier alpha value is -1.20. The van der Waals surface area contributed by atoms with Gasteiger partial charge in [-0.2, -0.15) is 0 Å². The number of anilines is 1. The second-order valence-corrected chi connectivity index (χ2v) is 4.39. The number of aromatic nitrogens is 1. The van der Waals surface area contributed by atoms with Gasteiger partial charge in [-0.3, -0.25) is 0 Å². The molecule has 0 aliphatic carbocycles. The minimum atomic E-state index is 0.387. The molecule has 1 heterocycles. The molecule has 0 saturated heterocycles. The lowest BCUT2D eigenvalue weighted by atomic mass is 10.1. The predicted octanol–water partition coefficient (Wildman–Crippen LogP) is 0.998. The number of rotatable bonds is 5. The third-order valence-corrected chi connectivity index (χ3v) is 2.46. The molecule has 0 radical (unpaired) electrons. The van der Waals surface area contributed by atoms with E-state index in [1.165, 1.54) is 0 Å². The second kappa shape index (κ2) is 5.77. The van der Waals surface area contributed by atoms with Crippen LogP contribution in [0.4, 0.5) is 5.82 Å². The summed E-state index contributed by atoms with van der Waals surface area (Å²) in [6.07, 6.45) is 1.76. The summed E-state index contributed by atoms with van der Waals surface area (Å²) in [4.78, 5) is 6.75. The van der Waals surface area contributed by atoms with Crippen molar-refractivity contribution in [2.24, 2.45) is 5.73 Å². The van der Waals surface area contributed by atoms with E-state index < -0.39 is 0 Å². The highest BCUT2D eigenvalue weighted by molar-refractivity contribution is 7.80. The first kappa shape index (κ1) is 12.9. The van der Waals surface area contributed by atoms with Gasteiger partial charge in [-0.15, -0.1) is 0 Å². The Bertz CT molecular complexity index is 376. The minimum Gasteiger partial charge on any atom is -0.389 e. The van der Waals surface area contributed by atoms with Crippen molar-refractivity contribution in [1.29, 1.82) is 0 Å². The molecule has 3 N–H and O–H groups in total. The Morgan fingerprint density at radius 2 is 2.25 bits per heavy atom. The van der Waals surface area contributed by atoms with Crippen LogP contribution in [0.15, 0.2) is 12.3 Å². The van der Waals surface area contributed by atoms with Crippen molar-refractivity contribution in [2.45, 2.75) is 6.92 Å². The number of hydrogen-bond donors (Lipinski definition) is 2. The highest BCUT2D eigenvalue weighted by Crippen LogP contribution is 2.15. The van der Waals surface area contributed by atoms with Gasteiger partial charge in [-0.25, -0.2) is 4.98 Å². The lowest BCUT2D eigenvalue weighted by Gasteiger charge is -2.14. The van der Waals surface area contributed by atoms with Gasteiger partial charge in [-0.1, -0.05) is 12.2 Å². The number of thiocarbonyl (C=S) groups is 1. The molecule has 0 atom stereocenters. The summed E-state index contributed by atoms with van der Waals surface area (Å²) in [5.41, 5.74) is 7.58. The molecule has 16 heavy (non-hydrogen) atoms. The smallest absolute Gasteiger partial charge is 0.136 e. The Morgan fingerprint density at radius 1 is 1.56 bits per heavy atom. The molecular formula is C11H18N4S. The van der Waals surface area contributed by atoms with Crippen molar-refractivity contribution >= 4 is 23.0 Å². The van der Waals surface area contributed by atoms with Crippen molar-refractivity contribution in [3.8, 4) is 0 Å². The van der Waals surface area contributed by atoms with Crippen LogP contribution >= 0.6 is 12.2 Å². The Balaban J connectivity index is 2.79. The fourth-order valence-electron chi connectivity index (χ4n) is 1.40. The molecule has 1 aromatic rings. The molecule has 0 fully saturated rings. The van der Waals surface area contributed by atoms with E-state index in [1.54, 1.807) is 6.20 Å². The van der Waals surface area contributed by atoms with Crippen molar-refractivity contribution in [1.82, 2.24) is 9.88 Å². The van der Waals surface area contributed by atoms with Crippen LogP contribution in [0.1, 0.15) is 11.1 Å². The molecule has 0 aliphatic heterocycles. The quantitative estimate of drug-likeness (QED) is 0.750. The van der Waals surface area contributed by atoms with Gasteiger partial charge in [0.15, 0.2) is 0 Å². The SMILES string of the molecule is Cc1ccnc(NCCN(C)C)c1C(N)=S. The lowest BCUT2D eigenvalue weighted by Crippen LogP contribution is -2.23. The molecule has 0 aromatic carbocycles. The molecule has 0 saturated carbocycles. The van der Waals surface area contributed by atoms with E-state index >= 15 is 0 Å². The van der Waals surface area contributed by atoms with Gasteiger partial charge >= 0.3 is 0 Å². The second-order valence-electron chi connectivity index (χ2n) is 3.95. The molecule has 0 bridgehead atoms. The van der Waals surface area contributed by atoms with Crippen molar-refractivity contribution < 1.29 is 0 Å². The summed E-state index contributed by atoms with van der Waals surface area (Å²) in [7, 11) is 4.06. The summed E-state index contributed by atoms with van der Waals surface area (Å²) in [5.74, 6) is 0.773. The van der Waals surface area contributed by atoms with Crippen LogP contribution in [0.5, 0.6) is 0 Å². The molecule has 0 spiro atoms. The summed E-state index contributed by atoms with van der Waals surface area (Å²) in [6, 6.07) is 1.91. The average molecular weight is 238 g/mol. The van der Waals surface area contributed by atoms with E-state index in [9.17, 15) is 0 Å². The maximum absolute atomic E-state index is 5.69. The largest absolute Gasteiger partial charge is 0.389 e. The number of nitrogens with zero attached hydrogens (tertiary/aromatic N) is 2. The maximum Gasteiger partial charge on any atom is 0.136 e. The van der Waals surface area contributed by atoms with E-state index in [2.05, 4.69) is 15.2 Å². The summed E-state index contributed by atoms with van der Waals surface area (Å²) in [5, 5.41) is 3.25. The summed E-state index contributed by atoms with van der Waals surface area (Å²) in [6.45, 7) is 3.73. The zero-order valence-electron chi connectivity index (χ0n) is 9.95. The molecule has 0 unspecified atom stereocenters. The summed E-state index contributed by atoms with van der Waals surface area (Å²) >= 11 is 5.03. The van der Waals surface area contributed by atoms with Crippen LogP contribution in [-0.4, -0.2) is 42.1 Å². The first-order chi connectivity index (χ1) is 7.52. The van der Waals surface area contributed by atoms with Gasteiger partial charge in [0.05, 0.1) is 5.56 Å². The molecule has 0 aliphatic rings. The highest BCUT2D eigenvalue weighted by Gasteiger charge is 2.08. The van der Waals surface area contributed by atoms with E-state index in [0.29, 0.717) is 4.99 Å². The Labute approximate surface area is 102 Å². The van der Waals surface area contributed by atoms with Gasteiger partial charge in [0, 0.05) is 19.3 Å². The van der Waals surface area contributed by atoms with Crippen LogP contribution in [-0.2, 0) is 0 Å². The fraction of sp³-hybridized carbons (Fsp3) is 0.455. The highest BCUT2D eigenvalue weighted by atomic mass is 32.1. The Kier molecular flexibility index (Phi) is 4.64. The molecule has 4 nitrogen and oxygen atoms in total. The molecule has 5 heteroatoms. The van der Waals surface area contributed by atoms with Crippen LogP contribution in [0, 0.1) is 6.92 Å². The number of aryl methyl sites for hydroxylation is 1. The topological polar surface area (TPSA) is 54.2 Å². The van der Waals surface area contributed by atoms with Crippen molar-refractivity contribution in [3.05, 3.63) is 23.4 Å². The summed E-state index contributed by atoms with van der Waals surface area (Å²) < 4.78 is 0. The Morgan fingerprint density at radius 3 is 2.81 bits per heavy atom. The van der Waals surface area contributed by atoms with Crippen molar-refractivity contribution in [3.63, 3.8) is 0 Å². The molecule has 1 rings (SSSR count). The van der Waals surface area contributed by atoms with Gasteiger partial charge in [-0.05, 0) is 32.6 Å². The molecule has 1 aromatic heterocycles. The lowest BCUT2D eigenvalue weighted by molar-refractivity contribution is 0.425. The molecular weight excluding hydrogens is 220 g/mol. The number of likely N-dealkylation sites (N-methyl/N-ethyl adjacent to an activating group) is 1. The first-order valence-electron chi connectivity index (χ1n) is 5.16. The zero-order chi connectivity index (χ0) is 12.1. The number of pyridine rings is 1. The van der Waals surface area contributed by atoms with Gasteiger partial charge in [0.25, 0.3) is 0 Å². The average Bonchev–Trinajstić information content (AvgIpc) is 2.16. The van der Waals surface area contributed by atoms with E-state index in [-0.39, 0.29) is 0 Å². The zero-order valence-corrected chi connectivity index (χ0v) is 10.8. The van der Waals surface area contributed by atoms with Crippen LogP contribution in [0.3, 0.4) is 0 Å². The van der Waals surface area contributed by atoms with Crippen LogP contribution < -0.4 is 11.1 Å². The van der Waals surface area contributed by atoms with E-state index in [0.717, 1.165) is 30.0 Å². The van der Waals surface area contributed by atoms with Gasteiger partial charge in [0.2, 0.25) is 0 Å². The number of nitrogens with two attached hydrogens (primary N) is 1. The van der Waals surface area contributed by atoms with E-state index in [1.807, 2.05) is 27.1 Å².